The van der Waals surface area contributed by atoms with Crippen LogP contribution >= 0.6 is 0 Å². The summed E-state index contributed by atoms with van der Waals surface area (Å²) in [6, 6.07) is 0. The third-order valence-corrected chi connectivity index (χ3v) is 11.8. The molecule has 0 spiro atoms. The smallest absolute Gasteiger partial charge is 0.389 e. The van der Waals surface area contributed by atoms with Gasteiger partial charge < -0.3 is 10.4 Å². The molecule has 0 aromatic rings. The number of amides is 1. The van der Waals surface area contributed by atoms with Crippen LogP contribution in [0, 0.1) is 40.4 Å². The number of hydrogen-bond acceptors (Lipinski definition) is 7. The lowest BCUT2D eigenvalue weighted by molar-refractivity contribution is -0.121. The molecule has 0 aromatic carbocycles. The van der Waals surface area contributed by atoms with Crippen LogP contribution in [-0.2, 0) is 29.5 Å². The normalized spacial score (nSPS) is 39.9. The minimum Gasteiger partial charge on any atom is -0.389 e. The number of fused-ring (bicyclic) bond motifs is 5. The first-order valence-electron chi connectivity index (χ1n) is 13.8. The van der Waals surface area contributed by atoms with Gasteiger partial charge in [0.25, 0.3) is 10.1 Å². The number of aliphatic hydroxyl groups excluding tert-OH is 1. The zero-order chi connectivity index (χ0) is 28.1. The average molecular weight is 578 g/mol. The summed E-state index contributed by atoms with van der Waals surface area (Å²) in [5.74, 6) is 0.782. The monoisotopic (exact) mass is 577 g/mol. The maximum absolute atomic E-state index is 12.2. The summed E-state index contributed by atoms with van der Waals surface area (Å²) in [4.78, 5) is 12.2. The Bertz CT molecular complexity index is 1150. The third kappa shape index (κ3) is 6.15. The Balaban J connectivity index is 1.42. The van der Waals surface area contributed by atoms with Crippen LogP contribution < -0.4 is 5.32 Å². The second-order valence-corrected chi connectivity index (χ2v) is 15.3. The largest absolute Gasteiger partial charge is 0.397 e. The van der Waals surface area contributed by atoms with Gasteiger partial charge in [-0.15, -0.1) is 0 Å². The zero-order valence-electron chi connectivity index (χ0n) is 22.5. The summed E-state index contributed by atoms with van der Waals surface area (Å²) in [6.07, 6.45) is 7.48. The fraction of sp³-hybridized carbons (Fsp3) is 0.885. The molecule has 218 valence electrons. The Kier molecular flexibility index (Phi) is 8.45. The van der Waals surface area contributed by atoms with Crippen LogP contribution in [0.25, 0.3) is 0 Å². The van der Waals surface area contributed by atoms with Crippen LogP contribution in [0.2, 0.25) is 0 Å². The molecule has 3 fully saturated rings. The number of rotatable bonds is 9. The highest BCUT2D eigenvalue weighted by atomic mass is 32.3. The summed E-state index contributed by atoms with van der Waals surface area (Å²) in [7, 11) is -8.62. The van der Waals surface area contributed by atoms with Crippen LogP contribution in [0.15, 0.2) is 11.6 Å². The van der Waals surface area contributed by atoms with Crippen LogP contribution in [0.3, 0.4) is 0 Å². The van der Waals surface area contributed by atoms with E-state index in [1.165, 1.54) is 0 Å². The Morgan fingerprint density at radius 1 is 1.11 bits per heavy atom. The van der Waals surface area contributed by atoms with E-state index in [0.717, 1.165) is 37.7 Å². The standard InChI is InChI=1S/C26H43NO9S2/c1-16(4-7-23(29)27-12-13-37(30,31)32)19-5-6-20-24-21(9-11-26(19,20)3)25(2)10-8-18(36-38(33,34)35)14-17(25)15-22(24)28/h15-16,18-22,24,28H,4-14H2,1-3H3,(H,27,29)(H,30,31,32)(H,33,34,35)/t16-,18+,19-,20+,21+,22-,24+,25+,26-/m1/s1. The van der Waals surface area contributed by atoms with Crippen molar-refractivity contribution in [3.8, 4) is 0 Å². The van der Waals surface area contributed by atoms with Crippen molar-refractivity contribution in [2.75, 3.05) is 12.3 Å². The predicted molar refractivity (Wildman–Crippen MR) is 141 cm³/mol. The SMILES string of the molecule is C[C@H](CCC(=O)NCCS(=O)(=O)O)[C@H]1CC[C@H]2[C@@H]3[C@H](O)C=C4C[C@@H](OS(=O)(=O)O)CC[C@]4(C)[C@H]3CC[C@]12C. The van der Waals surface area contributed by atoms with Crippen molar-refractivity contribution >= 4 is 26.4 Å². The summed E-state index contributed by atoms with van der Waals surface area (Å²) in [5.41, 5.74) is 0.960. The average Bonchev–Trinajstić information content (AvgIpc) is 3.14. The number of nitrogens with one attached hydrogen (secondary N) is 1. The fourth-order valence-corrected chi connectivity index (χ4v) is 9.68. The molecule has 4 aliphatic carbocycles. The van der Waals surface area contributed by atoms with E-state index in [4.69, 9.17) is 13.3 Å². The lowest BCUT2D eigenvalue weighted by Crippen LogP contribution is -2.55. The first-order chi connectivity index (χ1) is 17.5. The van der Waals surface area contributed by atoms with Gasteiger partial charge in [-0.2, -0.15) is 16.8 Å². The van der Waals surface area contributed by atoms with Gasteiger partial charge in [0.2, 0.25) is 5.91 Å². The maximum atomic E-state index is 12.2. The van der Waals surface area contributed by atoms with E-state index < -0.39 is 38.5 Å². The molecule has 4 N–H and O–H groups in total. The zero-order valence-corrected chi connectivity index (χ0v) is 24.1. The second kappa shape index (κ2) is 10.7. The van der Waals surface area contributed by atoms with Gasteiger partial charge in [-0.05, 0) is 91.8 Å². The van der Waals surface area contributed by atoms with E-state index >= 15 is 0 Å². The first-order valence-corrected chi connectivity index (χ1v) is 16.8. The van der Waals surface area contributed by atoms with Crippen LogP contribution in [-0.4, -0.2) is 61.5 Å². The number of carbonyl (C=O) groups excluding carboxylic acids is 1. The topological polar surface area (TPSA) is 167 Å². The summed E-state index contributed by atoms with van der Waals surface area (Å²) >= 11 is 0. The highest BCUT2D eigenvalue weighted by Gasteiger charge is 2.61. The minimum atomic E-state index is -4.52. The summed E-state index contributed by atoms with van der Waals surface area (Å²) < 4.78 is 67.1. The Morgan fingerprint density at radius 2 is 1.82 bits per heavy atom. The van der Waals surface area contributed by atoms with Gasteiger partial charge in [-0.25, -0.2) is 4.18 Å². The van der Waals surface area contributed by atoms with E-state index in [-0.39, 0.29) is 29.2 Å². The molecule has 0 heterocycles. The quantitative estimate of drug-likeness (QED) is 0.238. The third-order valence-electron chi connectivity index (χ3n) is 10.6. The van der Waals surface area contributed by atoms with Crippen molar-refractivity contribution < 1.29 is 40.0 Å². The Hall–Kier alpha value is -1.05. The van der Waals surface area contributed by atoms with Gasteiger partial charge in [-0.1, -0.05) is 32.4 Å². The van der Waals surface area contributed by atoms with Crippen molar-refractivity contribution in [3.63, 3.8) is 0 Å². The molecular weight excluding hydrogens is 534 g/mol. The molecule has 0 radical (unpaired) electrons. The van der Waals surface area contributed by atoms with Gasteiger partial charge in [0.05, 0.1) is 18.0 Å². The Morgan fingerprint density at radius 3 is 2.47 bits per heavy atom. The number of hydrogen-bond donors (Lipinski definition) is 4. The van der Waals surface area contributed by atoms with E-state index in [0.29, 0.717) is 49.4 Å². The van der Waals surface area contributed by atoms with E-state index in [1.807, 2.05) is 6.08 Å². The van der Waals surface area contributed by atoms with Crippen molar-refractivity contribution in [2.24, 2.45) is 40.4 Å². The fourth-order valence-electron chi connectivity index (χ4n) is 8.81. The summed E-state index contributed by atoms with van der Waals surface area (Å²) in [6.45, 7) is 6.67. The Labute approximate surface area is 226 Å². The van der Waals surface area contributed by atoms with Crippen LogP contribution in [0.5, 0.6) is 0 Å². The molecule has 10 nitrogen and oxygen atoms in total. The van der Waals surface area contributed by atoms with Crippen LogP contribution in [0.4, 0.5) is 0 Å². The number of aliphatic hydroxyl groups is 1. The van der Waals surface area contributed by atoms with Gasteiger partial charge in [-0.3, -0.25) is 13.9 Å². The first kappa shape index (κ1) is 29.9. The predicted octanol–water partition coefficient (Wildman–Crippen LogP) is 3.14. The van der Waals surface area contributed by atoms with Crippen molar-refractivity contribution in [1.29, 1.82) is 0 Å². The molecule has 4 rings (SSSR count). The van der Waals surface area contributed by atoms with E-state index in [2.05, 4.69) is 26.1 Å². The number of carbonyl (C=O) groups is 1. The highest BCUT2D eigenvalue weighted by Crippen LogP contribution is 2.67. The molecule has 12 heteroatoms. The molecule has 1 amide bonds. The molecule has 3 saturated carbocycles. The molecule has 38 heavy (non-hydrogen) atoms. The lowest BCUT2D eigenvalue weighted by atomic mass is 9.46. The van der Waals surface area contributed by atoms with E-state index in [1.54, 1.807) is 0 Å². The summed E-state index contributed by atoms with van der Waals surface area (Å²) in [5, 5.41) is 13.9. The van der Waals surface area contributed by atoms with Gasteiger partial charge in [0, 0.05) is 13.0 Å². The van der Waals surface area contributed by atoms with Gasteiger partial charge >= 0.3 is 10.4 Å². The van der Waals surface area contributed by atoms with E-state index in [9.17, 15) is 26.7 Å². The second-order valence-electron chi connectivity index (χ2n) is 12.7. The molecular formula is C26H43NO9S2. The minimum absolute atomic E-state index is 0.0516. The molecule has 9 atom stereocenters. The van der Waals surface area contributed by atoms with Gasteiger partial charge in [0.15, 0.2) is 0 Å². The molecule has 0 aromatic heterocycles. The van der Waals surface area contributed by atoms with Crippen LogP contribution in [0.1, 0.15) is 78.6 Å². The highest BCUT2D eigenvalue weighted by molar-refractivity contribution is 7.85. The molecule has 0 saturated heterocycles. The molecule has 4 aliphatic rings. The molecule has 0 aliphatic heterocycles. The molecule has 0 bridgehead atoms. The van der Waals surface area contributed by atoms with Crippen molar-refractivity contribution in [2.45, 2.75) is 90.8 Å². The van der Waals surface area contributed by atoms with Crippen molar-refractivity contribution in [1.82, 2.24) is 5.32 Å². The maximum Gasteiger partial charge on any atom is 0.397 e. The van der Waals surface area contributed by atoms with Gasteiger partial charge in [0.1, 0.15) is 0 Å². The molecule has 0 unspecified atom stereocenters. The van der Waals surface area contributed by atoms with Crippen molar-refractivity contribution in [3.05, 3.63) is 11.6 Å². The lowest BCUT2D eigenvalue weighted by Gasteiger charge is -2.59.